The summed E-state index contributed by atoms with van der Waals surface area (Å²) in [6, 6.07) is 0. The molecule has 1 amide bonds. The van der Waals surface area contributed by atoms with E-state index in [0.29, 0.717) is 13.0 Å². The Hall–Kier alpha value is -0.830. The van der Waals surface area contributed by atoms with Gasteiger partial charge in [0.15, 0.2) is 0 Å². The molecule has 1 aliphatic heterocycles. The van der Waals surface area contributed by atoms with Gasteiger partial charge in [0, 0.05) is 27.1 Å². The number of nitrogens with zero attached hydrogens (tertiary/aromatic N) is 1. The van der Waals surface area contributed by atoms with Crippen LogP contribution in [0.2, 0.25) is 0 Å². The smallest absolute Gasteiger partial charge is 0.251 e. The number of allylic oxidation sites excluding steroid dienone is 1. The predicted molar refractivity (Wildman–Crippen MR) is 51.4 cm³/mol. The largest absolute Gasteiger partial charge is 0.368 e. The summed E-state index contributed by atoms with van der Waals surface area (Å²) in [5, 5.41) is 0. The zero-order chi connectivity index (χ0) is 9.68. The van der Waals surface area contributed by atoms with Gasteiger partial charge in [-0.2, -0.15) is 0 Å². The molecular formula is C10H17NO2. The number of ether oxygens (including phenoxy) is 1. The summed E-state index contributed by atoms with van der Waals surface area (Å²) in [7, 11) is 3.52. The summed E-state index contributed by atoms with van der Waals surface area (Å²) in [4.78, 5) is 13.1. The van der Waals surface area contributed by atoms with E-state index in [2.05, 4.69) is 6.08 Å². The molecule has 1 atom stereocenters. The van der Waals surface area contributed by atoms with Crippen molar-refractivity contribution >= 4 is 5.91 Å². The third-order valence-corrected chi connectivity index (χ3v) is 2.07. The summed E-state index contributed by atoms with van der Waals surface area (Å²) in [6.07, 6.45) is 6.66. The Balaban J connectivity index is 2.51. The summed E-state index contributed by atoms with van der Waals surface area (Å²) < 4.78 is 5.46. The number of carbonyl (C=O) groups excluding carboxylic acids is 1. The van der Waals surface area contributed by atoms with Crippen LogP contribution >= 0.6 is 0 Å². The Morgan fingerprint density at radius 3 is 2.92 bits per heavy atom. The first kappa shape index (κ1) is 10.3. The maximum Gasteiger partial charge on any atom is 0.251 e. The molecule has 0 aromatic rings. The van der Waals surface area contributed by atoms with Crippen LogP contribution < -0.4 is 0 Å². The maximum atomic E-state index is 11.5. The van der Waals surface area contributed by atoms with Crippen molar-refractivity contribution in [2.75, 3.05) is 20.7 Å². The molecule has 3 heteroatoms. The molecule has 13 heavy (non-hydrogen) atoms. The molecule has 0 radical (unpaired) electrons. The van der Waals surface area contributed by atoms with E-state index >= 15 is 0 Å². The molecule has 0 fully saturated rings. The van der Waals surface area contributed by atoms with Crippen LogP contribution in [0.15, 0.2) is 12.2 Å². The van der Waals surface area contributed by atoms with Crippen molar-refractivity contribution in [2.45, 2.75) is 25.4 Å². The molecule has 0 bridgehead atoms. The molecule has 1 rings (SSSR count). The van der Waals surface area contributed by atoms with Crippen molar-refractivity contribution in [3.8, 4) is 0 Å². The number of likely N-dealkylation sites (N-methyl/N-ethyl adjacent to an activating group) is 1. The highest BCUT2D eigenvalue weighted by molar-refractivity contribution is 5.80. The van der Waals surface area contributed by atoms with Gasteiger partial charge in [0.25, 0.3) is 5.91 Å². The van der Waals surface area contributed by atoms with Crippen molar-refractivity contribution in [2.24, 2.45) is 0 Å². The lowest BCUT2D eigenvalue weighted by Gasteiger charge is -2.20. The molecular weight excluding hydrogens is 166 g/mol. The van der Waals surface area contributed by atoms with Crippen LogP contribution in [0.1, 0.15) is 19.3 Å². The molecule has 0 aromatic carbocycles. The standard InChI is InChI=1S/C10H17NO2/c1-11(2)10(12)9-7-5-3-4-6-8-13-9/h3,5,9H,4,6-8H2,1-2H3/b5-3-. The fourth-order valence-corrected chi connectivity index (χ4v) is 1.29. The Morgan fingerprint density at radius 2 is 2.23 bits per heavy atom. The number of hydrogen-bond donors (Lipinski definition) is 0. The van der Waals surface area contributed by atoms with Gasteiger partial charge in [-0.05, 0) is 12.8 Å². The first-order valence-corrected chi connectivity index (χ1v) is 4.69. The van der Waals surface area contributed by atoms with Gasteiger partial charge in [0.2, 0.25) is 0 Å². The molecule has 1 unspecified atom stereocenters. The average Bonchev–Trinajstić information content (AvgIpc) is 2.02. The van der Waals surface area contributed by atoms with Crippen LogP contribution in [-0.2, 0) is 9.53 Å². The van der Waals surface area contributed by atoms with Crippen molar-refractivity contribution in [3.05, 3.63) is 12.2 Å². The molecule has 0 N–H and O–H groups in total. The van der Waals surface area contributed by atoms with E-state index in [9.17, 15) is 4.79 Å². The maximum absolute atomic E-state index is 11.5. The number of amides is 1. The normalized spacial score (nSPS) is 25.8. The van der Waals surface area contributed by atoms with E-state index in [4.69, 9.17) is 4.74 Å². The molecule has 74 valence electrons. The molecule has 0 saturated carbocycles. The van der Waals surface area contributed by atoms with Crippen LogP contribution in [0.25, 0.3) is 0 Å². The fraction of sp³-hybridized carbons (Fsp3) is 0.700. The molecule has 0 aliphatic carbocycles. The van der Waals surface area contributed by atoms with E-state index in [1.54, 1.807) is 19.0 Å². The molecule has 1 heterocycles. The van der Waals surface area contributed by atoms with Gasteiger partial charge in [-0.1, -0.05) is 12.2 Å². The van der Waals surface area contributed by atoms with Crippen LogP contribution in [0.4, 0.5) is 0 Å². The van der Waals surface area contributed by atoms with Crippen LogP contribution in [0.3, 0.4) is 0 Å². The molecule has 1 aliphatic rings. The zero-order valence-corrected chi connectivity index (χ0v) is 8.32. The highest BCUT2D eigenvalue weighted by Gasteiger charge is 2.19. The Kier molecular flexibility index (Phi) is 3.96. The van der Waals surface area contributed by atoms with Crippen LogP contribution in [-0.4, -0.2) is 37.6 Å². The summed E-state index contributed by atoms with van der Waals surface area (Å²) in [6.45, 7) is 0.689. The molecule has 0 spiro atoms. The second-order valence-corrected chi connectivity index (χ2v) is 3.44. The third kappa shape index (κ3) is 3.19. The van der Waals surface area contributed by atoms with Gasteiger partial charge in [0.05, 0.1) is 0 Å². The highest BCUT2D eigenvalue weighted by atomic mass is 16.5. The van der Waals surface area contributed by atoms with Crippen molar-refractivity contribution in [1.29, 1.82) is 0 Å². The summed E-state index contributed by atoms with van der Waals surface area (Å²) in [5.41, 5.74) is 0. The van der Waals surface area contributed by atoms with Gasteiger partial charge in [-0.25, -0.2) is 0 Å². The van der Waals surface area contributed by atoms with Crippen LogP contribution in [0.5, 0.6) is 0 Å². The Labute approximate surface area is 79.4 Å². The van der Waals surface area contributed by atoms with Gasteiger partial charge < -0.3 is 9.64 Å². The summed E-state index contributed by atoms with van der Waals surface area (Å²) in [5.74, 6) is 0.0616. The number of hydrogen-bond acceptors (Lipinski definition) is 2. The minimum Gasteiger partial charge on any atom is -0.368 e. The van der Waals surface area contributed by atoms with E-state index in [1.165, 1.54) is 0 Å². The van der Waals surface area contributed by atoms with Crippen LogP contribution in [0, 0.1) is 0 Å². The molecule has 0 saturated heterocycles. The first-order valence-electron chi connectivity index (χ1n) is 4.69. The Bertz CT molecular complexity index is 199. The van der Waals surface area contributed by atoms with E-state index < -0.39 is 0 Å². The summed E-state index contributed by atoms with van der Waals surface area (Å²) >= 11 is 0. The molecule has 0 aromatic heterocycles. The minimum atomic E-state index is -0.272. The Morgan fingerprint density at radius 1 is 1.46 bits per heavy atom. The van der Waals surface area contributed by atoms with E-state index in [-0.39, 0.29) is 12.0 Å². The van der Waals surface area contributed by atoms with Crippen molar-refractivity contribution in [1.82, 2.24) is 4.90 Å². The zero-order valence-electron chi connectivity index (χ0n) is 8.32. The number of carbonyl (C=O) groups is 1. The minimum absolute atomic E-state index is 0.0616. The van der Waals surface area contributed by atoms with Gasteiger partial charge in [-0.15, -0.1) is 0 Å². The van der Waals surface area contributed by atoms with E-state index in [0.717, 1.165) is 12.8 Å². The first-order chi connectivity index (χ1) is 6.22. The fourth-order valence-electron chi connectivity index (χ4n) is 1.29. The van der Waals surface area contributed by atoms with Crippen molar-refractivity contribution < 1.29 is 9.53 Å². The highest BCUT2D eigenvalue weighted by Crippen LogP contribution is 2.08. The van der Waals surface area contributed by atoms with E-state index in [1.807, 2.05) is 6.08 Å². The lowest BCUT2D eigenvalue weighted by Crippen LogP contribution is -2.35. The second kappa shape index (κ2) is 5.02. The van der Waals surface area contributed by atoms with Gasteiger partial charge in [-0.3, -0.25) is 4.79 Å². The predicted octanol–water partition coefficient (Wildman–Crippen LogP) is 1.20. The monoisotopic (exact) mass is 183 g/mol. The quantitative estimate of drug-likeness (QED) is 0.572. The SMILES string of the molecule is CN(C)C(=O)C1C/C=C\CCCO1. The topological polar surface area (TPSA) is 29.5 Å². The molecule has 3 nitrogen and oxygen atoms in total. The lowest BCUT2D eigenvalue weighted by atomic mass is 10.1. The van der Waals surface area contributed by atoms with Gasteiger partial charge in [0.1, 0.15) is 6.10 Å². The average molecular weight is 183 g/mol. The lowest BCUT2D eigenvalue weighted by molar-refractivity contribution is -0.141. The van der Waals surface area contributed by atoms with Gasteiger partial charge >= 0.3 is 0 Å². The second-order valence-electron chi connectivity index (χ2n) is 3.44. The number of rotatable bonds is 1. The van der Waals surface area contributed by atoms with Crippen molar-refractivity contribution in [3.63, 3.8) is 0 Å². The third-order valence-electron chi connectivity index (χ3n) is 2.07.